The maximum Gasteiger partial charge on any atom is 0.334 e. The molecule has 0 radical (unpaired) electrons. The van der Waals surface area contributed by atoms with Crippen LogP contribution < -0.4 is 9.64 Å². The molecular formula is C24H25Cl2FN2O4. The Kier molecular flexibility index (Phi) is 8.32. The fourth-order valence-electron chi connectivity index (χ4n) is 3.67. The van der Waals surface area contributed by atoms with E-state index in [0.717, 1.165) is 18.9 Å². The van der Waals surface area contributed by atoms with Crippen molar-refractivity contribution in [1.29, 1.82) is 0 Å². The first kappa shape index (κ1) is 25.0. The van der Waals surface area contributed by atoms with E-state index in [1.807, 2.05) is 13.8 Å². The van der Waals surface area contributed by atoms with Gasteiger partial charge in [-0.2, -0.15) is 0 Å². The van der Waals surface area contributed by atoms with E-state index >= 15 is 4.39 Å². The van der Waals surface area contributed by atoms with Crippen LogP contribution in [0.2, 0.25) is 10.2 Å². The molecule has 1 heterocycles. The number of benzene rings is 1. The molecule has 6 nitrogen and oxygen atoms in total. The number of carbonyl (C=O) groups excluding carboxylic acids is 2. The number of esters is 1. The van der Waals surface area contributed by atoms with Crippen LogP contribution >= 0.6 is 23.2 Å². The average Bonchev–Trinajstić information content (AvgIpc) is 2.79. The van der Waals surface area contributed by atoms with Crippen molar-refractivity contribution in [2.45, 2.75) is 52.2 Å². The molecule has 1 aliphatic rings. The van der Waals surface area contributed by atoms with Gasteiger partial charge in [0.2, 0.25) is 0 Å². The van der Waals surface area contributed by atoms with Crippen LogP contribution in [-0.4, -0.2) is 30.1 Å². The molecular weight excluding hydrogens is 470 g/mol. The summed E-state index contributed by atoms with van der Waals surface area (Å²) in [5.41, 5.74) is 1.25. The highest BCUT2D eigenvalue weighted by Gasteiger charge is 2.30. The number of methoxy groups -OCH3 is 1. The van der Waals surface area contributed by atoms with Crippen molar-refractivity contribution in [1.82, 2.24) is 4.98 Å². The third-order valence-corrected chi connectivity index (χ3v) is 5.71. The maximum atomic E-state index is 15.2. The molecule has 1 aromatic heterocycles. The number of hydrogen-bond donors (Lipinski definition) is 0. The Morgan fingerprint density at radius 2 is 1.85 bits per heavy atom. The highest BCUT2D eigenvalue weighted by molar-refractivity contribution is 6.32. The molecule has 0 N–H and O–H groups in total. The molecule has 0 unspecified atom stereocenters. The third kappa shape index (κ3) is 6.03. The first-order chi connectivity index (χ1) is 15.7. The minimum atomic E-state index is -0.692. The van der Waals surface area contributed by atoms with Crippen LogP contribution in [0, 0.1) is 5.82 Å². The number of anilines is 1. The molecule has 176 valence electrons. The number of carbonyl (C=O) groups is 2. The van der Waals surface area contributed by atoms with Crippen LogP contribution in [0.25, 0.3) is 0 Å². The van der Waals surface area contributed by atoms with E-state index < -0.39 is 17.7 Å². The summed E-state index contributed by atoms with van der Waals surface area (Å²) in [6.07, 6.45) is 3.63. The fourth-order valence-corrected chi connectivity index (χ4v) is 3.98. The lowest BCUT2D eigenvalue weighted by Gasteiger charge is -2.28. The van der Waals surface area contributed by atoms with E-state index in [0.29, 0.717) is 34.7 Å². The molecule has 33 heavy (non-hydrogen) atoms. The maximum absolute atomic E-state index is 15.2. The van der Waals surface area contributed by atoms with Crippen LogP contribution in [0.3, 0.4) is 0 Å². The molecule has 0 saturated carbocycles. The molecule has 0 bridgehead atoms. The number of halogens is 3. The zero-order chi connectivity index (χ0) is 24.1. The third-order valence-electron chi connectivity index (χ3n) is 5.19. The molecule has 0 fully saturated rings. The zero-order valence-electron chi connectivity index (χ0n) is 18.7. The van der Waals surface area contributed by atoms with E-state index in [1.54, 1.807) is 12.1 Å². The largest absolute Gasteiger partial charge is 0.489 e. The van der Waals surface area contributed by atoms with Crippen LogP contribution in [0.5, 0.6) is 5.75 Å². The number of pyridine rings is 1. The van der Waals surface area contributed by atoms with E-state index in [-0.39, 0.29) is 29.1 Å². The number of hydrogen-bond acceptors (Lipinski definition) is 5. The van der Waals surface area contributed by atoms with Crippen molar-refractivity contribution < 1.29 is 23.5 Å². The molecule has 1 amide bonds. The topological polar surface area (TPSA) is 68.7 Å². The summed E-state index contributed by atoms with van der Waals surface area (Å²) in [4.78, 5) is 31.4. The van der Waals surface area contributed by atoms with Gasteiger partial charge in [-0.25, -0.2) is 14.2 Å². The van der Waals surface area contributed by atoms with Gasteiger partial charge in [0.25, 0.3) is 5.91 Å². The second-order valence-electron chi connectivity index (χ2n) is 7.94. The number of aromatic nitrogens is 1. The van der Waals surface area contributed by atoms with Crippen LogP contribution in [0.15, 0.2) is 41.6 Å². The van der Waals surface area contributed by atoms with Crippen LogP contribution in [0.1, 0.15) is 45.1 Å². The summed E-state index contributed by atoms with van der Waals surface area (Å²) in [5, 5.41) is 0.391. The van der Waals surface area contributed by atoms with Gasteiger partial charge in [-0.1, -0.05) is 29.3 Å². The fraction of sp³-hybridized carbons (Fsp3) is 0.375. The minimum Gasteiger partial charge on any atom is -0.489 e. The summed E-state index contributed by atoms with van der Waals surface area (Å²) >= 11 is 12.1. The predicted molar refractivity (Wildman–Crippen MR) is 125 cm³/mol. The first-order valence-corrected chi connectivity index (χ1v) is 11.3. The van der Waals surface area contributed by atoms with Gasteiger partial charge >= 0.3 is 5.97 Å². The number of ether oxygens (including phenoxy) is 2. The summed E-state index contributed by atoms with van der Waals surface area (Å²) in [6.45, 7) is 3.63. The lowest BCUT2D eigenvalue weighted by atomic mass is 9.90. The molecule has 2 aromatic rings. The Balaban J connectivity index is 2.12. The van der Waals surface area contributed by atoms with E-state index in [4.69, 9.17) is 32.7 Å². The zero-order valence-corrected chi connectivity index (χ0v) is 20.2. The highest BCUT2D eigenvalue weighted by atomic mass is 35.5. The summed E-state index contributed by atoms with van der Waals surface area (Å²) in [6, 6.07) is 5.81. The van der Waals surface area contributed by atoms with E-state index in [1.165, 1.54) is 24.3 Å². The SMILES string of the molecule is COC(=O)C1=C(C(=O)N(Cc2ccc(Cl)nc2)c2cc(OC(C)C)c(Cl)cc2F)CCCC1. The Labute approximate surface area is 202 Å². The highest BCUT2D eigenvalue weighted by Crippen LogP contribution is 2.36. The summed E-state index contributed by atoms with van der Waals surface area (Å²) in [5.74, 6) is -1.48. The average molecular weight is 495 g/mol. The first-order valence-electron chi connectivity index (χ1n) is 10.6. The Morgan fingerprint density at radius 3 is 2.45 bits per heavy atom. The van der Waals surface area contributed by atoms with Gasteiger partial charge in [-0.05, 0) is 57.2 Å². The van der Waals surface area contributed by atoms with E-state index in [9.17, 15) is 9.59 Å². The lowest BCUT2D eigenvalue weighted by molar-refractivity contribution is -0.136. The smallest absolute Gasteiger partial charge is 0.334 e. The van der Waals surface area contributed by atoms with Crippen molar-refractivity contribution in [2.75, 3.05) is 12.0 Å². The molecule has 3 rings (SSSR count). The van der Waals surface area contributed by atoms with Gasteiger partial charge < -0.3 is 14.4 Å². The van der Waals surface area contributed by atoms with Crippen molar-refractivity contribution in [3.63, 3.8) is 0 Å². The van der Waals surface area contributed by atoms with Crippen molar-refractivity contribution in [2.24, 2.45) is 0 Å². The molecule has 9 heteroatoms. The monoisotopic (exact) mass is 494 g/mol. The Bertz CT molecular complexity index is 1070. The molecule has 0 saturated heterocycles. The normalized spacial score (nSPS) is 13.8. The molecule has 1 aromatic carbocycles. The van der Waals surface area contributed by atoms with E-state index in [2.05, 4.69) is 4.98 Å². The Hall–Kier alpha value is -2.64. The molecule has 0 aliphatic heterocycles. The molecule has 0 atom stereocenters. The number of nitrogens with zero attached hydrogens (tertiary/aromatic N) is 2. The van der Waals surface area contributed by atoms with Gasteiger partial charge in [0.1, 0.15) is 16.7 Å². The van der Waals surface area contributed by atoms with Crippen molar-refractivity contribution >= 4 is 40.8 Å². The van der Waals surface area contributed by atoms with Gasteiger partial charge in [0, 0.05) is 23.4 Å². The van der Waals surface area contributed by atoms with Crippen molar-refractivity contribution in [3.8, 4) is 5.75 Å². The van der Waals surface area contributed by atoms with Gasteiger partial charge in [-0.15, -0.1) is 0 Å². The van der Waals surface area contributed by atoms with Gasteiger partial charge in [0.15, 0.2) is 0 Å². The number of rotatable bonds is 7. The molecule has 1 aliphatic carbocycles. The second kappa shape index (κ2) is 11.0. The number of amides is 1. The van der Waals surface area contributed by atoms with Crippen LogP contribution in [-0.2, 0) is 20.9 Å². The standard InChI is InChI=1S/C24H25Cl2FN2O4/c1-14(2)33-21-11-20(19(27)10-18(21)25)29(13-15-8-9-22(26)28-12-15)23(30)16-6-4-5-7-17(16)24(31)32-3/h8-12,14H,4-7,13H2,1-3H3. The lowest BCUT2D eigenvalue weighted by Crippen LogP contribution is -2.34. The van der Waals surface area contributed by atoms with Crippen LogP contribution in [0.4, 0.5) is 10.1 Å². The molecule has 0 spiro atoms. The summed E-state index contributed by atoms with van der Waals surface area (Å²) in [7, 11) is 1.28. The second-order valence-corrected chi connectivity index (χ2v) is 8.73. The van der Waals surface area contributed by atoms with Gasteiger partial charge in [0.05, 0.1) is 30.5 Å². The quantitative estimate of drug-likeness (QED) is 0.354. The predicted octanol–water partition coefficient (Wildman–Crippen LogP) is 5.89. The summed E-state index contributed by atoms with van der Waals surface area (Å²) < 4.78 is 25.7. The Morgan fingerprint density at radius 1 is 1.15 bits per heavy atom. The minimum absolute atomic E-state index is 0.000621. The van der Waals surface area contributed by atoms with Crippen molar-refractivity contribution in [3.05, 3.63) is 63.2 Å². The van der Waals surface area contributed by atoms with Gasteiger partial charge in [-0.3, -0.25) is 4.79 Å².